The summed E-state index contributed by atoms with van der Waals surface area (Å²) in [6.07, 6.45) is 3.11. The molecule has 0 amide bonds. The number of carbonyl (C=O) groups is 1. The van der Waals surface area contributed by atoms with Gasteiger partial charge in [-0.05, 0) is 17.7 Å². The Kier molecular flexibility index (Phi) is 4.07. The van der Waals surface area contributed by atoms with E-state index in [-0.39, 0.29) is 23.3 Å². The minimum atomic E-state index is -0.716. The van der Waals surface area contributed by atoms with Crippen molar-refractivity contribution in [1.82, 2.24) is 9.78 Å². The maximum Gasteiger partial charge on any atom is 0.343 e. The van der Waals surface area contributed by atoms with Gasteiger partial charge in [0.2, 0.25) is 0 Å². The highest BCUT2D eigenvalue weighted by molar-refractivity contribution is 5.84. The number of aromatic hydroxyl groups is 1. The maximum atomic E-state index is 12.4. The fourth-order valence-corrected chi connectivity index (χ4v) is 2.71. The number of para-hydroxylation sites is 1. The fraction of sp³-hybridized carbons (Fsp3) is 0.235. The summed E-state index contributed by atoms with van der Waals surface area (Å²) in [6.45, 7) is 0. The number of benzene rings is 1. The number of esters is 1. The van der Waals surface area contributed by atoms with Crippen molar-refractivity contribution in [3.63, 3.8) is 0 Å². The lowest BCUT2D eigenvalue weighted by Gasteiger charge is -2.15. The molecule has 2 aromatic heterocycles. The fourth-order valence-electron chi connectivity index (χ4n) is 2.71. The Morgan fingerprint density at radius 1 is 1.42 bits per heavy atom. The Hall–Kier alpha value is -3.09. The molecule has 0 aliphatic heterocycles. The molecule has 0 spiro atoms. The maximum absolute atomic E-state index is 12.4. The normalized spacial score (nSPS) is 12.2. The van der Waals surface area contributed by atoms with Gasteiger partial charge in [0, 0.05) is 19.2 Å². The third-order valence-corrected chi connectivity index (χ3v) is 3.89. The van der Waals surface area contributed by atoms with Crippen molar-refractivity contribution < 1.29 is 19.1 Å². The Morgan fingerprint density at radius 3 is 2.83 bits per heavy atom. The number of aryl methyl sites for hydroxylation is 1. The second kappa shape index (κ2) is 6.19. The highest BCUT2D eigenvalue weighted by atomic mass is 16.5. The van der Waals surface area contributed by atoms with Gasteiger partial charge >= 0.3 is 11.6 Å². The molecule has 1 N–H and O–H groups in total. The quantitative estimate of drug-likeness (QED) is 0.581. The zero-order chi connectivity index (χ0) is 17.3. The number of fused-ring (bicyclic) bond motifs is 1. The molecule has 0 saturated carbocycles. The smallest absolute Gasteiger partial charge is 0.343 e. The lowest BCUT2D eigenvalue weighted by Crippen LogP contribution is -2.17. The number of hydrogen-bond acceptors (Lipinski definition) is 6. The second-order valence-electron chi connectivity index (χ2n) is 5.43. The number of hydrogen-bond donors (Lipinski definition) is 1. The van der Waals surface area contributed by atoms with Gasteiger partial charge in [0.1, 0.15) is 11.3 Å². The molecule has 0 aliphatic carbocycles. The van der Waals surface area contributed by atoms with Gasteiger partial charge in [-0.1, -0.05) is 12.1 Å². The summed E-state index contributed by atoms with van der Waals surface area (Å²) >= 11 is 0. The van der Waals surface area contributed by atoms with E-state index in [1.54, 1.807) is 48.4 Å². The van der Waals surface area contributed by atoms with Gasteiger partial charge in [-0.2, -0.15) is 5.10 Å². The number of aromatic nitrogens is 2. The van der Waals surface area contributed by atoms with Crippen LogP contribution >= 0.6 is 0 Å². The van der Waals surface area contributed by atoms with Gasteiger partial charge in [0.15, 0.2) is 0 Å². The molecule has 24 heavy (non-hydrogen) atoms. The summed E-state index contributed by atoms with van der Waals surface area (Å²) in [7, 11) is 2.99. The first-order chi connectivity index (χ1) is 11.5. The highest BCUT2D eigenvalue weighted by Crippen LogP contribution is 2.35. The molecule has 0 radical (unpaired) electrons. The SMILES string of the molecule is COC(=O)C[C@@H](c1cnn(C)c1)c1c(O)c2ccccc2oc1=O. The third kappa shape index (κ3) is 2.76. The van der Waals surface area contributed by atoms with E-state index in [2.05, 4.69) is 5.10 Å². The van der Waals surface area contributed by atoms with Crippen LogP contribution < -0.4 is 5.63 Å². The van der Waals surface area contributed by atoms with Crippen molar-refractivity contribution in [2.45, 2.75) is 12.3 Å². The van der Waals surface area contributed by atoms with Crippen molar-refractivity contribution in [1.29, 1.82) is 0 Å². The van der Waals surface area contributed by atoms with Crippen molar-refractivity contribution in [3.05, 3.63) is 58.2 Å². The second-order valence-corrected chi connectivity index (χ2v) is 5.43. The van der Waals surface area contributed by atoms with E-state index in [4.69, 9.17) is 9.15 Å². The lowest BCUT2D eigenvalue weighted by atomic mass is 9.90. The van der Waals surface area contributed by atoms with Crippen LogP contribution in [0.1, 0.15) is 23.5 Å². The van der Waals surface area contributed by atoms with Crippen LogP contribution in [0.15, 0.2) is 45.9 Å². The number of ether oxygens (including phenoxy) is 1. The lowest BCUT2D eigenvalue weighted by molar-refractivity contribution is -0.140. The van der Waals surface area contributed by atoms with Crippen molar-refractivity contribution in [2.75, 3.05) is 7.11 Å². The van der Waals surface area contributed by atoms with Gasteiger partial charge in [0.25, 0.3) is 0 Å². The molecule has 124 valence electrons. The Morgan fingerprint density at radius 2 is 2.17 bits per heavy atom. The Balaban J connectivity index is 2.22. The molecule has 0 aliphatic rings. The van der Waals surface area contributed by atoms with Crippen LogP contribution in [-0.4, -0.2) is 28.0 Å². The Bertz CT molecular complexity index is 957. The summed E-state index contributed by atoms with van der Waals surface area (Å²) in [5.41, 5.74) is 0.226. The summed E-state index contributed by atoms with van der Waals surface area (Å²) < 4.78 is 11.6. The van der Waals surface area contributed by atoms with E-state index < -0.39 is 17.5 Å². The zero-order valence-electron chi connectivity index (χ0n) is 13.2. The van der Waals surface area contributed by atoms with Crippen LogP contribution in [0.25, 0.3) is 11.0 Å². The topological polar surface area (TPSA) is 94.6 Å². The highest BCUT2D eigenvalue weighted by Gasteiger charge is 2.28. The summed E-state index contributed by atoms with van der Waals surface area (Å²) in [5, 5.41) is 15.1. The van der Waals surface area contributed by atoms with Crippen LogP contribution in [0.4, 0.5) is 0 Å². The number of rotatable bonds is 4. The first kappa shape index (κ1) is 15.8. The van der Waals surface area contributed by atoms with Gasteiger partial charge in [-0.15, -0.1) is 0 Å². The van der Waals surface area contributed by atoms with Crippen molar-refractivity contribution >= 4 is 16.9 Å². The number of methoxy groups -OCH3 is 1. The number of nitrogens with zero attached hydrogens (tertiary/aromatic N) is 2. The molecule has 2 heterocycles. The van der Waals surface area contributed by atoms with E-state index in [1.807, 2.05) is 0 Å². The molecule has 7 heteroatoms. The molecular weight excluding hydrogens is 312 g/mol. The minimum absolute atomic E-state index is 0.0205. The molecule has 3 rings (SSSR count). The van der Waals surface area contributed by atoms with Gasteiger partial charge in [0.05, 0.1) is 30.7 Å². The molecule has 0 unspecified atom stereocenters. The predicted molar refractivity (Wildman–Crippen MR) is 85.8 cm³/mol. The summed E-state index contributed by atoms with van der Waals surface area (Å²) in [4.78, 5) is 24.2. The molecule has 0 bridgehead atoms. The zero-order valence-corrected chi connectivity index (χ0v) is 13.2. The standard InChI is InChI=1S/C17H16N2O5/c1-19-9-10(8-18-19)12(7-14(20)23-2)15-16(21)11-5-3-4-6-13(11)24-17(15)22/h3-6,8-9,12,21H,7H2,1-2H3/t12-/m0/s1. The first-order valence-corrected chi connectivity index (χ1v) is 7.31. The van der Waals surface area contributed by atoms with Crippen LogP contribution in [0.2, 0.25) is 0 Å². The van der Waals surface area contributed by atoms with E-state index in [1.165, 1.54) is 7.11 Å². The minimum Gasteiger partial charge on any atom is -0.507 e. The Labute approximate surface area is 137 Å². The van der Waals surface area contributed by atoms with E-state index >= 15 is 0 Å². The van der Waals surface area contributed by atoms with Crippen molar-refractivity contribution in [3.8, 4) is 5.75 Å². The molecule has 1 aromatic carbocycles. The molecular formula is C17H16N2O5. The van der Waals surface area contributed by atoms with Crippen molar-refractivity contribution in [2.24, 2.45) is 7.05 Å². The van der Waals surface area contributed by atoms with Crippen LogP contribution in [0.5, 0.6) is 5.75 Å². The molecule has 3 aromatic rings. The molecule has 0 saturated heterocycles. The molecule has 7 nitrogen and oxygen atoms in total. The van der Waals surface area contributed by atoms with Gasteiger partial charge < -0.3 is 14.3 Å². The average Bonchev–Trinajstić information content (AvgIpc) is 3.00. The van der Waals surface area contributed by atoms with Crippen LogP contribution in [-0.2, 0) is 16.6 Å². The monoisotopic (exact) mass is 328 g/mol. The van der Waals surface area contributed by atoms with E-state index in [9.17, 15) is 14.7 Å². The van der Waals surface area contributed by atoms with E-state index in [0.717, 1.165) is 0 Å². The largest absolute Gasteiger partial charge is 0.507 e. The molecule has 1 atom stereocenters. The average molecular weight is 328 g/mol. The van der Waals surface area contributed by atoms with Gasteiger partial charge in [-0.3, -0.25) is 9.48 Å². The predicted octanol–water partition coefficient (Wildman–Crippen LogP) is 1.93. The summed E-state index contributed by atoms with van der Waals surface area (Å²) in [5.74, 6) is -1.41. The van der Waals surface area contributed by atoms with Crippen LogP contribution in [0.3, 0.4) is 0 Å². The summed E-state index contributed by atoms with van der Waals surface area (Å²) in [6, 6.07) is 6.68. The van der Waals surface area contributed by atoms with Crippen LogP contribution in [0, 0.1) is 0 Å². The van der Waals surface area contributed by atoms with Gasteiger partial charge in [-0.25, -0.2) is 4.79 Å². The third-order valence-electron chi connectivity index (χ3n) is 3.89. The molecule has 0 fully saturated rings. The van der Waals surface area contributed by atoms with E-state index in [0.29, 0.717) is 10.9 Å². The number of carbonyl (C=O) groups excluding carboxylic acids is 1. The first-order valence-electron chi connectivity index (χ1n) is 7.31.